The summed E-state index contributed by atoms with van der Waals surface area (Å²) in [7, 11) is 0. The molecule has 1 aliphatic carbocycles. The number of nitrogens with zero attached hydrogens (tertiary/aromatic N) is 3. The van der Waals surface area contributed by atoms with Crippen LogP contribution in [0.15, 0.2) is 29.6 Å². The molecule has 4 rings (SSSR count). The van der Waals surface area contributed by atoms with Crippen molar-refractivity contribution in [3.05, 3.63) is 35.3 Å². The molecule has 0 bridgehead atoms. The van der Waals surface area contributed by atoms with E-state index in [0.29, 0.717) is 31.9 Å². The summed E-state index contributed by atoms with van der Waals surface area (Å²) < 4.78 is 5.69. The van der Waals surface area contributed by atoms with E-state index in [0.717, 1.165) is 42.0 Å². The van der Waals surface area contributed by atoms with Gasteiger partial charge in [0, 0.05) is 43.0 Å². The van der Waals surface area contributed by atoms with Crippen molar-refractivity contribution in [3.63, 3.8) is 0 Å². The molecule has 2 aromatic rings. The molecular weight excluding hydrogens is 410 g/mol. The molecule has 2 fully saturated rings. The average molecular weight is 442 g/mol. The molecule has 1 aliphatic heterocycles. The predicted molar refractivity (Wildman–Crippen MR) is 122 cm³/mol. The Bertz CT molecular complexity index is 895. The fraction of sp³-hybridized carbons (Fsp3) is 0.542. The second-order valence-electron chi connectivity index (χ2n) is 8.68. The fourth-order valence-corrected chi connectivity index (χ4v) is 5.15. The Morgan fingerprint density at radius 2 is 1.65 bits per heavy atom. The number of thiazole rings is 1. The van der Waals surface area contributed by atoms with Crippen molar-refractivity contribution in [2.75, 3.05) is 26.2 Å². The Morgan fingerprint density at radius 1 is 1.00 bits per heavy atom. The van der Waals surface area contributed by atoms with Crippen molar-refractivity contribution < 1.29 is 14.3 Å². The lowest BCUT2D eigenvalue weighted by Crippen LogP contribution is -2.52. The van der Waals surface area contributed by atoms with Crippen LogP contribution in [0.4, 0.5) is 0 Å². The van der Waals surface area contributed by atoms with Crippen LogP contribution < -0.4 is 4.74 Å². The molecule has 0 atom stereocenters. The SMILES string of the molecule is CC(C)Oc1ccc(-c2nc(C(=O)N3CCN(C(=O)C4CCCCC4)CC3)cs2)cc1. The Hall–Kier alpha value is -2.41. The number of piperazine rings is 1. The number of rotatable bonds is 5. The minimum absolute atomic E-state index is 0.0490. The molecule has 166 valence electrons. The third kappa shape index (κ3) is 5.26. The van der Waals surface area contributed by atoms with Crippen LogP contribution >= 0.6 is 11.3 Å². The van der Waals surface area contributed by atoms with Crippen molar-refractivity contribution in [3.8, 4) is 16.3 Å². The van der Waals surface area contributed by atoms with Crippen LogP contribution in [0.5, 0.6) is 5.75 Å². The molecule has 7 heteroatoms. The van der Waals surface area contributed by atoms with E-state index in [-0.39, 0.29) is 23.8 Å². The van der Waals surface area contributed by atoms with Gasteiger partial charge in [0.2, 0.25) is 5.91 Å². The Balaban J connectivity index is 1.33. The number of ether oxygens (including phenoxy) is 1. The first-order valence-electron chi connectivity index (χ1n) is 11.3. The number of carbonyl (C=O) groups is 2. The first-order valence-corrected chi connectivity index (χ1v) is 12.2. The number of aromatic nitrogens is 1. The van der Waals surface area contributed by atoms with E-state index in [1.54, 1.807) is 0 Å². The second kappa shape index (κ2) is 9.81. The summed E-state index contributed by atoms with van der Waals surface area (Å²) in [6.07, 6.45) is 5.74. The Morgan fingerprint density at radius 3 is 2.29 bits per heavy atom. The lowest BCUT2D eigenvalue weighted by atomic mass is 9.88. The zero-order chi connectivity index (χ0) is 21.8. The lowest BCUT2D eigenvalue weighted by Gasteiger charge is -2.36. The first-order chi connectivity index (χ1) is 15.0. The zero-order valence-corrected chi connectivity index (χ0v) is 19.2. The van der Waals surface area contributed by atoms with Crippen molar-refractivity contribution >= 4 is 23.2 Å². The Kier molecular flexibility index (Phi) is 6.90. The van der Waals surface area contributed by atoms with Crippen molar-refractivity contribution in [2.45, 2.75) is 52.1 Å². The minimum Gasteiger partial charge on any atom is -0.491 e. The van der Waals surface area contributed by atoms with Gasteiger partial charge in [-0.2, -0.15) is 0 Å². The number of carbonyl (C=O) groups excluding carboxylic acids is 2. The van der Waals surface area contributed by atoms with Crippen molar-refractivity contribution in [1.29, 1.82) is 0 Å². The number of hydrogen-bond donors (Lipinski definition) is 0. The van der Waals surface area contributed by atoms with Crippen LogP contribution in [0.2, 0.25) is 0 Å². The molecule has 2 aliphatic rings. The van der Waals surface area contributed by atoms with Crippen LogP contribution in [0.25, 0.3) is 10.6 Å². The van der Waals surface area contributed by atoms with Gasteiger partial charge in [-0.15, -0.1) is 11.3 Å². The van der Waals surface area contributed by atoms with Gasteiger partial charge >= 0.3 is 0 Å². The largest absolute Gasteiger partial charge is 0.491 e. The van der Waals surface area contributed by atoms with Gasteiger partial charge in [-0.3, -0.25) is 9.59 Å². The molecule has 1 aromatic carbocycles. The Labute approximate surface area is 188 Å². The van der Waals surface area contributed by atoms with E-state index < -0.39 is 0 Å². The summed E-state index contributed by atoms with van der Waals surface area (Å²) in [5.74, 6) is 1.25. The molecule has 1 saturated carbocycles. The van der Waals surface area contributed by atoms with E-state index >= 15 is 0 Å². The highest BCUT2D eigenvalue weighted by Crippen LogP contribution is 2.28. The van der Waals surface area contributed by atoms with Gasteiger partial charge in [0.15, 0.2) is 0 Å². The fourth-order valence-electron chi connectivity index (χ4n) is 4.35. The van der Waals surface area contributed by atoms with E-state index in [4.69, 9.17) is 4.74 Å². The molecule has 6 nitrogen and oxygen atoms in total. The molecule has 0 unspecified atom stereocenters. The highest BCUT2D eigenvalue weighted by molar-refractivity contribution is 7.13. The van der Waals surface area contributed by atoms with Gasteiger partial charge in [-0.25, -0.2) is 4.98 Å². The topological polar surface area (TPSA) is 62.7 Å². The summed E-state index contributed by atoms with van der Waals surface area (Å²) >= 11 is 1.47. The highest BCUT2D eigenvalue weighted by atomic mass is 32.1. The van der Waals surface area contributed by atoms with E-state index in [1.165, 1.54) is 17.8 Å². The predicted octanol–water partition coefficient (Wildman–Crippen LogP) is 4.46. The molecule has 0 radical (unpaired) electrons. The summed E-state index contributed by atoms with van der Waals surface area (Å²) in [5.41, 5.74) is 1.46. The van der Waals surface area contributed by atoms with Gasteiger partial charge in [0.1, 0.15) is 16.5 Å². The number of hydrogen-bond acceptors (Lipinski definition) is 5. The minimum atomic E-state index is -0.0490. The maximum absolute atomic E-state index is 12.9. The van der Waals surface area contributed by atoms with Crippen molar-refractivity contribution in [1.82, 2.24) is 14.8 Å². The van der Waals surface area contributed by atoms with Gasteiger partial charge in [0.25, 0.3) is 5.91 Å². The van der Waals surface area contributed by atoms with Crippen LogP contribution in [0.3, 0.4) is 0 Å². The van der Waals surface area contributed by atoms with Crippen LogP contribution in [0.1, 0.15) is 56.4 Å². The lowest BCUT2D eigenvalue weighted by molar-refractivity contribution is -0.138. The smallest absolute Gasteiger partial charge is 0.273 e. The van der Waals surface area contributed by atoms with E-state index in [1.807, 2.05) is 53.3 Å². The van der Waals surface area contributed by atoms with E-state index in [9.17, 15) is 9.59 Å². The third-order valence-electron chi connectivity index (χ3n) is 6.03. The van der Waals surface area contributed by atoms with E-state index in [2.05, 4.69) is 4.98 Å². The van der Waals surface area contributed by atoms with Crippen LogP contribution in [0, 0.1) is 5.92 Å². The van der Waals surface area contributed by atoms with Crippen molar-refractivity contribution in [2.24, 2.45) is 5.92 Å². The monoisotopic (exact) mass is 441 g/mol. The van der Waals surface area contributed by atoms with Gasteiger partial charge in [-0.05, 0) is 51.0 Å². The molecule has 2 amide bonds. The normalized spacial score (nSPS) is 17.8. The third-order valence-corrected chi connectivity index (χ3v) is 6.92. The van der Waals surface area contributed by atoms with Crippen LogP contribution in [-0.4, -0.2) is 58.9 Å². The molecule has 31 heavy (non-hydrogen) atoms. The maximum Gasteiger partial charge on any atom is 0.273 e. The van der Waals surface area contributed by atoms with Gasteiger partial charge in [-0.1, -0.05) is 19.3 Å². The molecular formula is C24H31N3O3S. The summed E-state index contributed by atoms with van der Waals surface area (Å²) in [4.78, 5) is 34.0. The number of benzene rings is 1. The molecule has 1 aromatic heterocycles. The highest BCUT2D eigenvalue weighted by Gasteiger charge is 2.30. The molecule has 0 spiro atoms. The molecule has 2 heterocycles. The molecule has 1 saturated heterocycles. The summed E-state index contributed by atoms with van der Waals surface area (Å²) in [6, 6.07) is 7.81. The maximum atomic E-state index is 12.9. The van der Waals surface area contributed by atoms with Gasteiger partial charge in [0.05, 0.1) is 6.10 Å². The van der Waals surface area contributed by atoms with Crippen LogP contribution in [-0.2, 0) is 4.79 Å². The second-order valence-corrected chi connectivity index (χ2v) is 9.54. The summed E-state index contributed by atoms with van der Waals surface area (Å²) in [6.45, 7) is 6.39. The standard InChI is InChI=1S/C24H31N3O3S/c1-17(2)30-20-10-8-18(9-11-20)22-25-21(16-31-22)24(29)27-14-12-26(13-15-27)23(28)19-6-4-3-5-7-19/h8-11,16-17,19H,3-7,12-15H2,1-2H3. The quantitative estimate of drug-likeness (QED) is 0.687. The van der Waals surface area contributed by atoms with Gasteiger partial charge < -0.3 is 14.5 Å². The molecule has 0 N–H and O–H groups in total. The summed E-state index contributed by atoms with van der Waals surface area (Å²) in [5, 5.41) is 2.65. The number of amides is 2. The first kappa shape index (κ1) is 21.8. The zero-order valence-electron chi connectivity index (χ0n) is 18.4. The average Bonchev–Trinajstić information content (AvgIpc) is 3.29.